The Labute approximate surface area is 152 Å². The fourth-order valence-electron chi connectivity index (χ4n) is 3.35. The lowest BCUT2D eigenvalue weighted by molar-refractivity contribution is -0.123. The van der Waals surface area contributed by atoms with Crippen LogP contribution in [-0.4, -0.2) is 28.9 Å². The summed E-state index contributed by atoms with van der Waals surface area (Å²) >= 11 is 0. The van der Waals surface area contributed by atoms with E-state index in [4.69, 9.17) is 0 Å². The van der Waals surface area contributed by atoms with Crippen molar-refractivity contribution in [3.8, 4) is 0 Å². The Morgan fingerprint density at radius 1 is 0.923 bits per heavy atom. The van der Waals surface area contributed by atoms with E-state index in [2.05, 4.69) is 10.3 Å². The van der Waals surface area contributed by atoms with Gasteiger partial charge >= 0.3 is 0 Å². The zero-order valence-electron chi connectivity index (χ0n) is 15.0. The summed E-state index contributed by atoms with van der Waals surface area (Å²) in [6.07, 6.45) is 0. The Morgan fingerprint density at radius 3 is 2.35 bits per heavy atom. The molecule has 6 heteroatoms. The fourth-order valence-corrected chi connectivity index (χ4v) is 3.35. The number of anilines is 1. The fraction of sp³-hybridized carbons (Fsp3) is 0.300. The topological polar surface area (TPSA) is 65.3 Å². The lowest BCUT2D eigenvalue weighted by Gasteiger charge is -2.21. The SMILES string of the molecule is Cc1ccc(CN2N=NC3C(=O)N(c4ccc(C)c(C)c4)C(=O)C32)cc1. The van der Waals surface area contributed by atoms with Crippen molar-refractivity contribution in [3.05, 3.63) is 64.7 Å². The third-order valence-corrected chi connectivity index (χ3v) is 5.07. The first-order chi connectivity index (χ1) is 12.5. The minimum atomic E-state index is -0.755. The van der Waals surface area contributed by atoms with Gasteiger partial charge in [-0.1, -0.05) is 41.1 Å². The molecule has 2 heterocycles. The molecule has 132 valence electrons. The number of aryl methyl sites for hydroxylation is 3. The number of carbonyl (C=O) groups excluding carboxylic acids is 2. The molecular formula is C20H20N4O2. The lowest BCUT2D eigenvalue weighted by atomic mass is 10.1. The molecule has 2 atom stereocenters. The lowest BCUT2D eigenvalue weighted by Crippen LogP contribution is -2.39. The monoisotopic (exact) mass is 348 g/mol. The van der Waals surface area contributed by atoms with Crippen LogP contribution in [0.4, 0.5) is 5.69 Å². The Morgan fingerprint density at radius 2 is 1.65 bits per heavy atom. The van der Waals surface area contributed by atoms with E-state index in [0.29, 0.717) is 12.2 Å². The molecule has 6 nitrogen and oxygen atoms in total. The minimum Gasteiger partial charge on any atom is -0.271 e. The van der Waals surface area contributed by atoms with Crippen LogP contribution in [0.3, 0.4) is 0 Å². The number of rotatable bonds is 3. The zero-order valence-corrected chi connectivity index (χ0v) is 15.0. The molecule has 0 spiro atoms. The molecule has 2 aliphatic heterocycles. The van der Waals surface area contributed by atoms with Gasteiger partial charge in [-0.15, -0.1) is 0 Å². The van der Waals surface area contributed by atoms with E-state index in [1.54, 1.807) is 11.1 Å². The number of imide groups is 1. The number of carbonyl (C=O) groups is 2. The average molecular weight is 348 g/mol. The molecule has 1 saturated heterocycles. The highest BCUT2D eigenvalue weighted by atomic mass is 16.2. The molecule has 2 aromatic carbocycles. The summed E-state index contributed by atoms with van der Waals surface area (Å²) in [6, 6.07) is 12.2. The van der Waals surface area contributed by atoms with E-state index in [1.165, 1.54) is 10.5 Å². The molecule has 0 aromatic heterocycles. The standard InChI is InChI=1S/C20H20N4O2/c1-12-4-7-15(8-5-12)11-23-18-17(21-22-23)19(25)24(20(18)26)16-9-6-13(2)14(3)10-16/h4-10,17-18H,11H2,1-3H3. The summed E-state index contributed by atoms with van der Waals surface area (Å²) in [5.41, 5.74) is 4.96. The quantitative estimate of drug-likeness (QED) is 0.801. The molecule has 0 N–H and O–H groups in total. The zero-order chi connectivity index (χ0) is 18.4. The molecule has 26 heavy (non-hydrogen) atoms. The van der Waals surface area contributed by atoms with Gasteiger partial charge in [-0.25, -0.2) is 4.90 Å². The molecule has 0 aliphatic carbocycles. The van der Waals surface area contributed by atoms with Crippen molar-refractivity contribution >= 4 is 17.5 Å². The van der Waals surface area contributed by atoms with Gasteiger partial charge in [0.1, 0.15) is 0 Å². The van der Waals surface area contributed by atoms with Crippen LogP contribution in [0.2, 0.25) is 0 Å². The summed E-state index contributed by atoms with van der Waals surface area (Å²) in [5, 5.41) is 9.79. The normalized spacial score (nSPS) is 21.7. The van der Waals surface area contributed by atoms with E-state index in [9.17, 15) is 9.59 Å². The van der Waals surface area contributed by atoms with Crippen molar-refractivity contribution in [2.45, 2.75) is 39.4 Å². The van der Waals surface area contributed by atoms with E-state index < -0.39 is 12.1 Å². The van der Waals surface area contributed by atoms with E-state index >= 15 is 0 Å². The summed E-state index contributed by atoms with van der Waals surface area (Å²) in [4.78, 5) is 27.0. The number of benzene rings is 2. The second-order valence-electron chi connectivity index (χ2n) is 6.96. The van der Waals surface area contributed by atoms with Crippen LogP contribution in [0.25, 0.3) is 0 Å². The molecule has 2 aliphatic rings. The maximum Gasteiger partial charge on any atom is 0.263 e. The molecule has 1 fully saturated rings. The van der Waals surface area contributed by atoms with Gasteiger partial charge in [-0.2, -0.15) is 5.11 Å². The highest BCUT2D eigenvalue weighted by Crippen LogP contribution is 2.33. The molecule has 2 aromatic rings. The molecule has 2 amide bonds. The van der Waals surface area contributed by atoms with Gasteiger partial charge in [0.05, 0.1) is 12.2 Å². The predicted molar refractivity (Wildman–Crippen MR) is 97.6 cm³/mol. The Balaban J connectivity index is 1.60. The number of fused-ring (bicyclic) bond motifs is 1. The first kappa shape index (κ1) is 16.4. The van der Waals surface area contributed by atoms with Gasteiger partial charge in [0.2, 0.25) is 0 Å². The molecule has 0 bridgehead atoms. The van der Waals surface area contributed by atoms with E-state index in [-0.39, 0.29) is 11.8 Å². The van der Waals surface area contributed by atoms with Crippen LogP contribution in [0.15, 0.2) is 52.8 Å². The van der Waals surface area contributed by atoms with Crippen LogP contribution in [-0.2, 0) is 16.1 Å². The predicted octanol–water partition coefficient (Wildman–Crippen LogP) is 3.11. The number of nitrogens with zero attached hydrogens (tertiary/aromatic N) is 4. The second-order valence-corrected chi connectivity index (χ2v) is 6.96. The third kappa shape index (κ3) is 2.58. The summed E-state index contributed by atoms with van der Waals surface area (Å²) in [5.74, 6) is -0.571. The summed E-state index contributed by atoms with van der Waals surface area (Å²) in [6.45, 7) is 6.44. The minimum absolute atomic E-state index is 0.264. The van der Waals surface area contributed by atoms with E-state index in [0.717, 1.165) is 16.7 Å². The van der Waals surface area contributed by atoms with Crippen molar-refractivity contribution in [1.29, 1.82) is 0 Å². The van der Waals surface area contributed by atoms with Gasteiger partial charge in [0, 0.05) is 0 Å². The molecule has 0 radical (unpaired) electrons. The second kappa shape index (κ2) is 6.05. The first-order valence-electron chi connectivity index (χ1n) is 8.64. The smallest absolute Gasteiger partial charge is 0.263 e. The van der Waals surface area contributed by atoms with Crippen molar-refractivity contribution in [2.75, 3.05) is 4.90 Å². The number of hydrogen-bond acceptors (Lipinski definition) is 5. The van der Waals surface area contributed by atoms with Crippen molar-refractivity contribution in [1.82, 2.24) is 5.01 Å². The Bertz CT molecular complexity index is 920. The number of amides is 2. The molecule has 2 unspecified atom stereocenters. The summed E-state index contributed by atoms with van der Waals surface area (Å²) in [7, 11) is 0. The van der Waals surface area contributed by atoms with Gasteiger partial charge in [-0.05, 0) is 49.6 Å². The molecular weight excluding hydrogens is 328 g/mol. The maximum absolute atomic E-state index is 13.0. The highest BCUT2D eigenvalue weighted by Gasteiger charge is 2.54. The molecule has 0 saturated carbocycles. The molecule has 4 rings (SSSR count). The highest BCUT2D eigenvalue weighted by molar-refractivity contribution is 6.25. The Hall–Kier alpha value is -3.02. The van der Waals surface area contributed by atoms with Crippen molar-refractivity contribution in [2.24, 2.45) is 10.3 Å². The van der Waals surface area contributed by atoms with Crippen LogP contribution in [0.1, 0.15) is 22.3 Å². The van der Waals surface area contributed by atoms with Gasteiger partial charge in [0.25, 0.3) is 11.8 Å². The van der Waals surface area contributed by atoms with Gasteiger partial charge < -0.3 is 0 Å². The van der Waals surface area contributed by atoms with Crippen molar-refractivity contribution < 1.29 is 9.59 Å². The van der Waals surface area contributed by atoms with Crippen LogP contribution in [0, 0.1) is 20.8 Å². The average Bonchev–Trinajstić information content (AvgIpc) is 3.13. The van der Waals surface area contributed by atoms with Gasteiger partial charge in [-0.3, -0.25) is 14.6 Å². The number of hydrogen-bond donors (Lipinski definition) is 0. The van der Waals surface area contributed by atoms with E-state index in [1.807, 2.05) is 57.2 Å². The maximum atomic E-state index is 13.0. The first-order valence-corrected chi connectivity index (χ1v) is 8.64. The summed E-state index contributed by atoms with van der Waals surface area (Å²) < 4.78 is 0. The van der Waals surface area contributed by atoms with Crippen LogP contribution in [0.5, 0.6) is 0 Å². The Kier molecular flexibility index (Phi) is 3.83. The van der Waals surface area contributed by atoms with Crippen LogP contribution < -0.4 is 4.90 Å². The van der Waals surface area contributed by atoms with Crippen molar-refractivity contribution in [3.63, 3.8) is 0 Å². The van der Waals surface area contributed by atoms with Gasteiger partial charge in [0.15, 0.2) is 12.1 Å². The third-order valence-electron chi connectivity index (χ3n) is 5.07. The largest absolute Gasteiger partial charge is 0.271 e. The van der Waals surface area contributed by atoms with Crippen LogP contribution >= 0.6 is 0 Å².